The number of nitrogens with zero attached hydrogens (tertiary/aromatic N) is 1. The third-order valence-corrected chi connectivity index (χ3v) is 3.50. The number of rotatable bonds is 4. The summed E-state index contributed by atoms with van der Waals surface area (Å²) in [6.07, 6.45) is 3.35. The molecule has 0 aromatic heterocycles. The average molecular weight is 302 g/mol. The van der Waals surface area contributed by atoms with Crippen LogP contribution in [-0.4, -0.2) is 36.5 Å². The van der Waals surface area contributed by atoms with Crippen molar-refractivity contribution in [3.63, 3.8) is 0 Å². The van der Waals surface area contributed by atoms with Crippen molar-refractivity contribution < 1.29 is 9.18 Å². The quantitative estimate of drug-likeness (QED) is 0.894. The summed E-state index contributed by atoms with van der Waals surface area (Å²) in [5.41, 5.74) is 6.34. The van der Waals surface area contributed by atoms with E-state index in [1.165, 1.54) is 18.6 Å². The van der Waals surface area contributed by atoms with E-state index in [1.54, 1.807) is 12.1 Å². The van der Waals surface area contributed by atoms with Crippen molar-refractivity contribution in [3.05, 3.63) is 30.1 Å². The number of likely N-dealkylation sites (tertiary alicyclic amines) is 1. The van der Waals surface area contributed by atoms with Crippen molar-refractivity contribution in [2.45, 2.75) is 25.3 Å². The molecule has 4 nitrogen and oxygen atoms in total. The van der Waals surface area contributed by atoms with Crippen molar-refractivity contribution in [2.24, 2.45) is 5.73 Å². The highest BCUT2D eigenvalue weighted by Crippen LogP contribution is 2.16. The van der Waals surface area contributed by atoms with Crippen LogP contribution < -0.4 is 11.1 Å². The van der Waals surface area contributed by atoms with Gasteiger partial charge < -0.3 is 11.1 Å². The van der Waals surface area contributed by atoms with Crippen LogP contribution in [0.2, 0.25) is 0 Å². The van der Waals surface area contributed by atoms with Crippen LogP contribution in [-0.2, 0) is 4.79 Å². The molecule has 1 amide bonds. The number of carbonyl (C=O) groups excluding carboxylic acids is 1. The Labute approximate surface area is 124 Å². The minimum absolute atomic E-state index is 0. The minimum Gasteiger partial charge on any atom is -0.329 e. The molecule has 1 atom stereocenters. The first-order valence-corrected chi connectivity index (χ1v) is 6.68. The molecule has 0 aliphatic carbocycles. The molecule has 1 aromatic carbocycles. The predicted molar refractivity (Wildman–Crippen MR) is 80.5 cm³/mol. The summed E-state index contributed by atoms with van der Waals surface area (Å²) < 4.78 is 12.8. The zero-order chi connectivity index (χ0) is 13.7. The Balaban J connectivity index is 0.00000200. The highest BCUT2D eigenvalue weighted by atomic mass is 35.5. The van der Waals surface area contributed by atoms with Gasteiger partial charge in [-0.25, -0.2) is 4.39 Å². The standard InChI is InChI=1S/C14H20FN3O.ClH/c15-11-4-6-12(7-5-11)17-14(19)10-18-8-2-1-3-13(18)9-16;/h4-7,13H,1-3,8-10,16H2,(H,17,19);1H. The molecular formula is C14H21ClFN3O. The van der Waals surface area contributed by atoms with E-state index in [9.17, 15) is 9.18 Å². The Hall–Kier alpha value is -1.17. The van der Waals surface area contributed by atoms with E-state index in [1.807, 2.05) is 0 Å². The molecule has 20 heavy (non-hydrogen) atoms. The van der Waals surface area contributed by atoms with E-state index in [0.29, 0.717) is 24.8 Å². The fourth-order valence-electron chi connectivity index (χ4n) is 2.45. The molecule has 0 radical (unpaired) electrons. The van der Waals surface area contributed by atoms with E-state index in [4.69, 9.17) is 5.73 Å². The predicted octanol–water partition coefficient (Wildman–Crippen LogP) is 2.00. The molecule has 0 spiro atoms. The SMILES string of the molecule is Cl.NCC1CCCCN1CC(=O)Nc1ccc(F)cc1. The number of hydrogen-bond acceptors (Lipinski definition) is 3. The monoisotopic (exact) mass is 301 g/mol. The van der Waals surface area contributed by atoms with Gasteiger partial charge in [-0.15, -0.1) is 12.4 Å². The van der Waals surface area contributed by atoms with Crippen molar-refractivity contribution >= 4 is 24.0 Å². The molecule has 1 saturated heterocycles. The second-order valence-corrected chi connectivity index (χ2v) is 4.91. The zero-order valence-corrected chi connectivity index (χ0v) is 12.2. The highest BCUT2D eigenvalue weighted by molar-refractivity contribution is 5.92. The smallest absolute Gasteiger partial charge is 0.238 e. The van der Waals surface area contributed by atoms with Gasteiger partial charge in [0.25, 0.3) is 0 Å². The largest absolute Gasteiger partial charge is 0.329 e. The van der Waals surface area contributed by atoms with Gasteiger partial charge in [0.05, 0.1) is 6.54 Å². The number of carbonyl (C=O) groups is 1. The first-order chi connectivity index (χ1) is 9.19. The molecule has 1 aliphatic heterocycles. The number of piperidine rings is 1. The number of halogens is 2. The van der Waals surface area contributed by atoms with Crippen LogP contribution in [0, 0.1) is 5.82 Å². The molecule has 6 heteroatoms. The van der Waals surface area contributed by atoms with E-state index in [-0.39, 0.29) is 24.1 Å². The van der Waals surface area contributed by atoms with Gasteiger partial charge in [-0.05, 0) is 43.7 Å². The van der Waals surface area contributed by atoms with Gasteiger partial charge in [0.2, 0.25) is 5.91 Å². The van der Waals surface area contributed by atoms with Crippen molar-refractivity contribution in [2.75, 3.05) is 25.0 Å². The molecule has 0 saturated carbocycles. The second-order valence-electron chi connectivity index (χ2n) is 4.91. The highest BCUT2D eigenvalue weighted by Gasteiger charge is 2.22. The van der Waals surface area contributed by atoms with E-state index in [0.717, 1.165) is 19.4 Å². The third kappa shape index (κ3) is 4.74. The summed E-state index contributed by atoms with van der Waals surface area (Å²) in [5.74, 6) is -0.385. The first-order valence-electron chi connectivity index (χ1n) is 6.68. The van der Waals surface area contributed by atoms with Gasteiger partial charge in [0.1, 0.15) is 5.82 Å². The van der Waals surface area contributed by atoms with Gasteiger partial charge in [0, 0.05) is 18.3 Å². The number of anilines is 1. The molecule has 0 bridgehead atoms. The fourth-order valence-corrected chi connectivity index (χ4v) is 2.45. The molecule has 2 rings (SSSR count). The van der Waals surface area contributed by atoms with Gasteiger partial charge >= 0.3 is 0 Å². The topological polar surface area (TPSA) is 58.4 Å². The fraction of sp³-hybridized carbons (Fsp3) is 0.500. The van der Waals surface area contributed by atoms with Crippen LogP contribution in [0.4, 0.5) is 10.1 Å². The van der Waals surface area contributed by atoms with Crippen LogP contribution in [0.3, 0.4) is 0 Å². The third-order valence-electron chi connectivity index (χ3n) is 3.50. The second kappa shape index (κ2) is 8.19. The number of benzene rings is 1. The first kappa shape index (κ1) is 16.9. The molecule has 1 aromatic rings. The number of nitrogens with one attached hydrogen (secondary N) is 1. The Morgan fingerprint density at radius 3 is 2.70 bits per heavy atom. The molecule has 1 aliphatic rings. The lowest BCUT2D eigenvalue weighted by Gasteiger charge is -2.34. The summed E-state index contributed by atoms with van der Waals surface area (Å²) in [6, 6.07) is 6.08. The Bertz CT molecular complexity index is 427. The van der Waals surface area contributed by atoms with Crippen LogP contribution in [0.5, 0.6) is 0 Å². The molecular weight excluding hydrogens is 281 g/mol. The Morgan fingerprint density at radius 1 is 1.35 bits per heavy atom. The maximum Gasteiger partial charge on any atom is 0.238 e. The summed E-state index contributed by atoms with van der Waals surface area (Å²) in [4.78, 5) is 14.1. The molecule has 112 valence electrons. The minimum atomic E-state index is -0.308. The van der Waals surface area contributed by atoms with Gasteiger partial charge in [-0.1, -0.05) is 6.42 Å². The van der Waals surface area contributed by atoms with Gasteiger partial charge in [-0.3, -0.25) is 9.69 Å². The van der Waals surface area contributed by atoms with Gasteiger partial charge in [-0.2, -0.15) is 0 Å². The normalized spacial score (nSPS) is 19.2. The summed E-state index contributed by atoms with van der Waals surface area (Å²) in [7, 11) is 0. The van der Waals surface area contributed by atoms with Crippen LogP contribution >= 0.6 is 12.4 Å². The van der Waals surface area contributed by atoms with Crippen molar-refractivity contribution in [1.29, 1.82) is 0 Å². The van der Waals surface area contributed by atoms with E-state index >= 15 is 0 Å². The number of hydrogen-bond donors (Lipinski definition) is 2. The average Bonchev–Trinajstić information content (AvgIpc) is 2.42. The molecule has 1 heterocycles. The van der Waals surface area contributed by atoms with Crippen LogP contribution in [0.15, 0.2) is 24.3 Å². The summed E-state index contributed by atoms with van der Waals surface area (Å²) in [5, 5.41) is 2.77. The molecule has 3 N–H and O–H groups in total. The maximum atomic E-state index is 12.8. The number of nitrogens with two attached hydrogens (primary N) is 1. The van der Waals surface area contributed by atoms with Crippen molar-refractivity contribution in [3.8, 4) is 0 Å². The Kier molecular flexibility index (Phi) is 6.91. The summed E-state index contributed by atoms with van der Waals surface area (Å²) >= 11 is 0. The lowest BCUT2D eigenvalue weighted by molar-refractivity contribution is -0.118. The van der Waals surface area contributed by atoms with Crippen molar-refractivity contribution in [1.82, 2.24) is 4.90 Å². The maximum absolute atomic E-state index is 12.8. The lowest BCUT2D eigenvalue weighted by atomic mass is 10.0. The van der Waals surface area contributed by atoms with E-state index < -0.39 is 0 Å². The zero-order valence-electron chi connectivity index (χ0n) is 11.3. The molecule has 1 unspecified atom stereocenters. The van der Waals surface area contributed by atoms with Crippen LogP contribution in [0.1, 0.15) is 19.3 Å². The number of amides is 1. The Morgan fingerprint density at radius 2 is 2.05 bits per heavy atom. The van der Waals surface area contributed by atoms with E-state index in [2.05, 4.69) is 10.2 Å². The van der Waals surface area contributed by atoms with Gasteiger partial charge in [0.15, 0.2) is 0 Å². The lowest BCUT2D eigenvalue weighted by Crippen LogP contribution is -2.47. The summed E-state index contributed by atoms with van der Waals surface area (Å²) in [6.45, 7) is 1.85. The molecule has 1 fully saturated rings. The van der Waals surface area contributed by atoms with Crippen LogP contribution in [0.25, 0.3) is 0 Å².